The molecule has 4 N–H and O–H groups in total. The topological polar surface area (TPSA) is 139 Å². The van der Waals surface area contributed by atoms with Gasteiger partial charge in [-0.25, -0.2) is 9.59 Å². The van der Waals surface area contributed by atoms with Gasteiger partial charge >= 0.3 is 12.1 Å². The number of aliphatic carboxylic acids is 1. The van der Waals surface area contributed by atoms with Crippen molar-refractivity contribution in [2.24, 2.45) is 5.73 Å². The van der Waals surface area contributed by atoms with Crippen LogP contribution in [0.15, 0.2) is 30.3 Å². The largest absolute Gasteiger partial charge is 0.480 e. The van der Waals surface area contributed by atoms with E-state index in [-0.39, 0.29) is 26.0 Å². The van der Waals surface area contributed by atoms with Crippen molar-refractivity contribution in [1.29, 1.82) is 0 Å². The van der Waals surface area contributed by atoms with Gasteiger partial charge in [0.1, 0.15) is 18.7 Å². The third-order valence-electron chi connectivity index (χ3n) is 4.30. The summed E-state index contributed by atoms with van der Waals surface area (Å²) in [5, 5.41) is 11.7. The molecule has 0 saturated carbocycles. The zero-order valence-electron chi connectivity index (χ0n) is 14.8. The number of ether oxygens (including phenoxy) is 1. The molecule has 0 aliphatic carbocycles. The van der Waals surface area contributed by atoms with Crippen molar-refractivity contribution in [3.05, 3.63) is 35.9 Å². The Hall–Kier alpha value is -3.10. The highest BCUT2D eigenvalue weighted by molar-refractivity contribution is 5.90. The molecule has 1 saturated heterocycles. The molecule has 9 nitrogen and oxygen atoms in total. The van der Waals surface area contributed by atoms with Crippen molar-refractivity contribution in [2.75, 3.05) is 6.54 Å². The lowest BCUT2D eigenvalue weighted by Crippen LogP contribution is -2.52. The number of carbonyl (C=O) groups is 4. The van der Waals surface area contributed by atoms with Gasteiger partial charge in [0.2, 0.25) is 11.8 Å². The molecule has 1 heterocycles. The van der Waals surface area contributed by atoms with Crippen LogP contribution in [-0.2, 0) is 25.7 Å². The van der Waals surface area contributed by atoms with Crippen LogP contribution in [0.5, 0.6) is 0 Å². The van der Waals surface area contributed by atoms with Crippen LogP contribution in [-0.4, -0.2) is 52.5 Å². The standard InChI is InChI=1S/C18H23N3O6/c19-15(22)9-8-13(16(23)21-10-4-7-14(21)17(24)25)20-18(26)27-11-12-5-2-1-3-6-12/h1-3,5-6,13-14H,4,7-11H2,(H2,19,22)(H,20,26)(H,24,25)/t13-,14-/m0/s1. The number of rotatable bonds is 8. The summed E-state index contributed by atoms with van der Waals surface area (Å²) in [6.07, 6.45) is -0.0720. The second kappa shape index (κ2) is 9.56. The normalized spacial score (nSPS) is 17.2. The summed E-state index contributed by atoms with van der Waals surface area (Å²) in [6.45, 7) is 0.300. The minimum atomic E-state index is -1.10. The summed E-state index contributed by atoms with van der Waals surface area (Å²) >= 11 is 0. The van der Waals surface area contributed by atoms with Crippen LogP contribution in [0.2, 0.25) is 0 Å². The lowest BCUT2D eigenvalue weighted by Gasteiger charge is -2.27. The van der Waals surface area contributed by atoms with Crippen LogP contribution in [0.4, 0.5) is 4.79 Å². The number of carboxylic acid groups (broad SMARTS) is 1. The Labute approximate surface area is 156 Å². The predicted molar refractivity (Wildman–Crippen MR) is 94.3 cm³/mol. The zero-order chi connectivity index (χ0) is 19.8. The summed E-state index contributed by atoms with van der Waals surface area (Å²) in [7, 11) is 0. The minimum Gasteiger partial charge on any atom is -0.480 e. The number of hydrogen-bond donors (Lipinski definition) is 3. The maximum atomic E-state index is 12.7. The highest BCUT2D eigenvalue weighted by atomic mass is 16.5. The van der Waals surface area contributed by atoms with Crippen LogP contribution in [0.25, 0.3) is 0 Å². The van der Waals surface area contributed by atoms with E-state index >= 15 is 0 Å². The Morgan fingerprint density at radius 3 is 2.59 bits per heavy atom. The van der Waals surface area contributed by atoms with Gasteiger partial charge in [0.15, 0.2) is 0 Å². The van der Waals surface area contributed by atoms with Crippen molar-refractivity contribution in [2.45, 2.75) is 44.4 Å². The molecule has 1 aliphatic rings. The average Bonchev–Trinajstić information content (AvgIpc) is 3.13. The smallest absolute Gasteiger partial charge is 0.408 e. The molecule has 2 rings (SSSR count). The molecule has 0 radical (unpaired) electrons. The lowest BCUT2D eigenvalue weighted by molar-refractivity contribution is -0.149. The number of nitrogens with zero attached hydrogens (tertiary/aromatic N) is 1. The number of primary amides is 1. The van der Waals surface area contributed by atoms with Gasteiger partial charge in [-0.1, -0.05) is 30.3 Å². The first kappa shape index (κ1) is 20.2. The number of benzene rings is 1. The average molecular weight is 377 g/mol. The van der Waals surface area contributed by atoms with Crippen LogP contribution in [0, 0.1) is 0 Å². The molecule has 1 aliphatic heterocycles. The van der Waals surface area contributed by atoms with Crippen LogP contribution < -0.4 is 11.1 Å². The Balaban J connectivity index is 1.99. The Bertz CT molecular complexity index is 694. The number of nitrogens with one attached hydrogen (secondary N) is 1. The van der Waals surface area contributed by atoms with E-state index in [2.05, 4.69) is 5.32 Å². The van der Waals surface area contributed by atoms with Gasteiger partial charge in [-0.05, 0) is 24.8 Å². The molecule has 2 atom stereocenters. The quantitative estimate of drug-likeness (QED) is 0.607. The summed E-state index contributed by atoms with van der Waals surface area (Å²) in [6, 6.07) is 6.98. The van der Waals surface area contributed by atoms with Gasteiger partial charge in [-0.2, -0.15) is 0 Å². The minimum absolute atomic E-state index is 0.0187. The third kappa shape index (κ3) is 5.98. The van der Waals surface area contributed by atoms with E-state index in [9.17, 15) is 24.3 Å². The first-order valence-electron chi connectivity index (χ1n) is 8.67. The second-order valence-corrected chi connectivity index (χ2v) is 6.29. The Morgan fingerprint density at radius 1 is 1.26 bits per heavy atom. The van der Waals surface area contributed by atoms with Gasteiger partial charge in [-0.15, -0.1) is 0 Å². The number of hydrogen-bond acceptors (Lipinski definition) is 5. The van der Waals surface area contributed by atoms with E-state index in [4.69, 9.17) is 10.5 Å². The van der Waals surface area contributed by atoms with Gasteiger partial charge < -0.3 is 25.8 Å². The SMILES string of the molecule is NC(=O)CC[C@H](NC(=O)OCc1ccccc1)C(=O)N1CCC[C@H]1C(=O)O. The molecule has 0 aromatic heterocycles. The predicted octanol–water partition coefficient (Wildman–Crippen LogP) is 0.622. The fraction of sp³-hybridized carbons (Fsp3) is 0.444. The molecule has 0 unspecified atom stereocenters. The van der Waals surface area contributed by atoms with Crippen LogP contribution in [0.3, 0.4) is 0 Å². The van der Waals surface area contributed by atoms with Crippen molar-refractivity contribution < 1.29 is 29.0 Å². The monoisotopic (exact) mass is 377 g/mol. The van der Waals surface area contributed by atoms with E-state index < -0.39 is 36.0 Å². The van der Waals surface area contributed by atoms with Gasteiger partial charge in [0.25, 0.3) is 0 Å². The number of carbonyl (C=O) groups excluding carboxylic acids is 3. The number of carboxylic acids is 1. The Kier molecular flexibility index (Phi) is 7.16. The van der Waals surface area contributed by atoms with Gasteiger partial charge in [0, 0.05) is 13.0 Å². The van der Waals surface area contributed by atoms with Crippen LogP contribution in [0.1, 0.15) is 31.2 Å². The summed E-state index contributed by atoms with van der Waals surface area (Å²) in [4.78, 5) is 48.4. The molecule has 1 aromatic rings. The highest BCUT2D eigenvalue weighted by Crippen LogP contribution is 2.19. The number of likely N-dealkylation sites (tertiary alicyclic amines) is 1. The fourth-order valence-electron chi connectivity index (χ4n) is 2.94. The molecule has 1 aromatic carbocycles. The van der Waals surface area contributed by atoms with Gasteiger partial charge in [-0.3, -0.25) is 9.59 Å². The second-order valence-electron chi connectivity index (χ2n) is 6.29. The summed E-state index contributed by atoms with van der Waals surface area (Å²) in [5.74, 6) is -2.28. The first-order valence-corrected chi connectivity index (χ1v) is 8.67. The lowest BCUT2D eigenvalue weighted by atomic mass is 10.1. The summed E-state index contributed by atoms with van der Waals surface area (Å²) < 4.78 is 5.10. The zero-order valence-corrected chi connectivity index (χ0v) is 14.8. The molecule has 9 heteroatoms. The Morgan fingerprint density at radius 2 is 1.96 bits per heavy atom. The van der Waals surface area contributed by atoms with E-state index in [0.717, 1.165) is 5.56 Å². The maximum absolute atomic E-state index is 12.7. The molecule has 0 spiro atoms. The van der Waals surface area contributed by atoms with Gasteiger partial charge in [0.05, 0.1) is 0 Å². The molecule has 1 fully saturated rings. The van der Waals surface area contributed by atoms with Crippen molar-refractivity contribution in [1.82, 2.24) is 10.2 Å². The highest BCUT2D eigenvalue weighted by Gasteiger charge is 2.37. The number of amides is 3. The van der Waals surface area contributed by atoms with E-state index in [1.54, 1.807) is 24.3 Å². The molecule has 0 bridgehead atoms. The number of nitrogens with two attached hydrogens (primary N) is 1. The fourth-order valence-corrected chi connectivity index (χ4v) is 2.94. The van der Waals surface area contributed by atoms with E-state index in [0.29, 0.717) is 12.8 Å². The maximum Gasteiger partial charge on any atom is 0.408 e. The molecular formula is C18H23N3O6. The molecule has 3 amide bonds. The van der Waals surface area contributed by atoms with Crippen LogP contribution >= 0.6 is 0 Å². The summed E-state index contributed by atoms with van der Waals surface area (Å²) in [5.41, 5.74) is 5.91. The molecule has 27 heavy (non-hydrogen) atoms. The molecular weight excluding hydrogens is 354 g/mol. The van der Waals surface area contributed by atoms with Crippen molar-refractivity contribution in [3.63, 3.8) is 0 Å². The third-order valence-corrected chi connectivity index (χ3v) is 4.30. The van der Waals surface area contributed by atoms with E-state index in [1.807, 2.05) is 6.07 Å². The number of alkyl carbamates (subject to hydrolysis) is 1. The van der Waals surface area contributed by atoms with Crippen molar-refractivity contribution >= 4 is 23.9 Å². The first-order chi connectivity index (χ1) is 12.9. The molecule has 146 valence electrons. The van der Waals surface area contributed by atoms with Crippen molar-refractivity contribution in [3.8, 4) is 0 Å². The van der Waals surface area contributed by atoms with E-state index in [1.165, 1.54) is 4.90 Å².